The number of allylic oxidation sites excluding steroid dienone is 1. The molecular weight excluding hydrogens is 191 g/mol. The highest BCUT2D eigenvalue weighted by Crippen LogP contribution is 2.20. The van der Waals surface area contributed by atoms with E-state index < -0.39 is 14.2 Å². The van der Waals surface area contributed by atoms with E-state index in [0.29, 0.717) is 5.57 Å². The summed E-state index contributed by atoms with van der Waals surface area (Å²) in [6.45, 7) is 5.46. The average Bonchev–Trinajstić information content (AvgIpc) is 2.05. The zero-order valence-corrected chi connectivity index (χ0v) is 9.09. The fourth-order valence-corrected chi connectivity index (χ4v) is 1.39. The average molecular weight is 206 g/mol. The van der Waals surface area contributed by atoms with Gasteiger partial charge in [-0.1, -0.05) is 19.4 Å². The van der Waals surface area contributed by atoms with Crippen molar-refractivity contribution in [2.75, 3.05) is 0 Å². The molecule has 0 aromatic carbocycles. The Labute approximate surface area is 78.6 Å². The minimum atomic E-state index is -3.16. The van der Waals surface area contributed by atoms with Crippen LogP contribution in [0.25, 0.3) is 0 Å². The molecule has 0 aliphatic heterocycles. The first-order valence-corrected chi connectivity index (χ1v) is 5.43. The SMILES string of the molecule is CCC(CC)=C(C)C(=O)O[PH](=O)O. The molecule has 0 saturated heterocycles. The molecule has 13 heavy (non-hydrogen) atoms. The summed E-state index contributed by atoms with van der Waals surface area (Å²) in [5, 5.41) is 0. The fourth-order valence-electron chi connectivity index (χ4n) is 1.08. The van der Waals surface area contributed by atoms with Crippen LogP contribution in [0.15, 0.2) is 11.1 Å². The van der Waals surface area contributed by atoms with Crippen molar-refractivity contribution < 1.29 is 18.8 Å². The second kappa shape index (κ2) is 5.95. The fraction of sp³-hybridized carbons (Fsp3) is 0.625. The summed E-state index contributed by atoms with van der Waals surface area (Å²) in [5.41, 5.74) is 1.39. The van der Waals surface area contributed by atoms with Crippen LogP contribution in [0.5, 0.6) is 0 Å². The molecule has 0 rings (SSSR count). The monoisotopic (exact) mass is 206 g/mol. The number of hydrogen-bond acceptors (Lipinski definition) is 3. The Hall–Kier alpha value is -0.600. The van der Waals surface area contributed by atoms with Crippen LogP contribution in [-0.2, 0) is 13.9 Å². The van der Waals surface area contributed by atoms with E-state index in [2.05, 4.69) is 4.52 Å². The maximum atomic E-state index is 11.1. The van der Waals surface area contributed by atoms with Crippen LogP contribution < -0.4 is 0 Å². The molecule has 0 amide bonds. The normalized spacial score (nSPS) is 12.0. The molecular formula is C8H15O4P. The summed E-state index contributed by atoms with van der Waals surface area (Å²) in [6.07, 6.45) is 1.51. The number of carbonyl (C=O) groups is 1. The molecule has 0 aromatic rings. The minimum absolute atomic E-state index is 0.442. The van der Waals surface area contributed by atoms with Crippen LogP contribution in [0.2, 0.25) is 0 Å². The van der Waals surface area contributed by atoms with Crippen molar-refractivity contribution in [2.45, 2.75) is 33.6 Å². The molecule has 0 aromatic heterocycles. The minimum Gasteiger partial charge on any atom is -0.390 e. The van der Waals surface area contributed by atoms with Gasteiger partial charge in [0, 0.05) is 5.57 Å². The third kappa shape index (κ3) is 4.25. The maximum Gasteiger partial charge on any atom is 0.367 e. The summed E-state index contributed by atoms with van der Waals surface area (Å²) in [5.74, 6) is -0.690. The van der Waals surface area contributed by atoms with E-state index in [1.807, 2.05) is 13.8 Å². The van der Waals surface area contributed by atoms with Gasteiger partial charge in [0.2, 0.25) is 0 Å². The highest BCUT2D eigenvalue weighted by atomic mass is 31.1. The van der Waals surface area contributed by atoms with Crippen molar-refractivity contribution in [2.24, 2.45) is 0 Å². The third-order valence-electron chi connectivity index (χ3n) is 1.87. The van der Waals surface area contributed by atoms with Crippen molar-refractivity contribution in [3.63, 3.8) is 0 Å². The van der Waals surface area contributed by atoms with Gasteiger partial charge < -0.3 is 9.42 Å². The smallest absolute Gasteiger partial charge is 0.367 e. The summed E-state index contributed by atoms with van der Waals surface area (Å²) in [4.78, 5) is 19.5. The molecule has 5 heteroatoms. The zero-order valence-electron chi connectivity index (χ0n) is 8.09. The Morgan fingerprint density at radius 2 is 1.85 bits per heavy atom. The highest BCUT2D eigenvalue weighted by Gasteiger charge is 2.11. The van der Waals surface area contributed by atoms with Gasteiger partial charge in [-0.3, -0.25) is 0 Å². The Kier molecular flexibility index (Phi) is 5.67. The van der Waals surface area contributed by atoms with Crippen molar-refractivity contribution in [3.8, 4) is 0 Å². The summed E-state index contributed by atoms with van der Waals surface area (Å²) >= 11 is 0. The van der Waals surface area contributed by atoms with Gasteiger partial charge in [-0.15, -0.1) is 0 Å². The lowest BCUT2D eigenvalue weighted by Gasteiger charge is -2.06. The standard InChI is InChI=1S/C8H15O4P/c1-4-7(5-2)6(3)8(9)12-13(10)11/h13H,4-5H2,1-3H3,(H,10,11). The van der Waals surface area contributed by atoms with Crippen LogP contribution >= 0.6 is 8.25 Å². The maximum absolute atomic E-state index is 11.1. The molecule has 76 valence electrons. The van der Waals surface area contributed by atoms with E-state index in [9.17, 15) is 9.36 Å². The van der Waals surface area contributed by atoms with Gasteiger partial charge in [-0.25, -0.2) is 9.36 Å². The van der Waals surface area contributed by atoms with Crippen LogP contribution in [-0.4, -0.2) is 10.9 Å². The van der Waals surface area contributed by atoms with Crippen molar-refractivity contribution in [1.29, 1.82) is 0 Å². The molecule has 0 spiro atoms. The first-order valence-electron chi connectivity index (χ1n) is 4.16. The lowest BCUT2D eigenvalue weighted by atomic mass is 10.1. The predicted octanol–water partition coefficient (Wildman–Crippen LogP) is 2.05. The van der Waals surface area contributed by atoms with E-state index in [0.717, 1.165) is 18.4 Å². The Bertz CT molecular complexity index is 239. The van der Waals surface area contributed by atoms with Gasteiger partial charge in [-0.05, 0) is 19.8 Å². The zero-order chi connectivity index (χ0) is 10.4. The molecule has 1 N–H and O–H groups in total. The van der Waals surface area contributed by atoms with E-state index in [1.165, 1.54) is 0 Å². The molecule has 4 nitrogen and oxygen atoms in total. The second-order valence-electron chi connectivity index (χ2n) is 2.59. The Morgan fingerprint density at radius 1 is 1.38 bits per heavy atom. The first-order chi connectivity index (χ1) is 6.02. The van der Waals surface area contributed by atoms with Gasteiger partial charge in [-0.2, -0.15) is 0 Å². The number of hydrogen-bond donors (Lipinski definition) is 1. The van der Waals surface area contributed by atoms with E-state index in [-0.39, 0.29) is 0 Å². The van der Waals surface area contributed by atoms with Crippen LogP contribution in [0.1, 0.15) is 33.6 Å². The molecule has 0 radical (unpaired) electrons. The molecule has 0 saturated carbocycles. The molecule has 0 fully saturated rings. The quantitative estimate of drug-likeness (QED) is 0.564. The Balaban J connectivity index is 4.55. The van der Waals surface area contributed by atoms with Gasteiger partial charge in [0.05, 0.1) is 0 Å². The van der Waals surface area contributed by atoms with E-state index >= 15 is 0 Å². The molecule has 0 heterocycles. The van der Waals surface area contributed by atoms with Crippen molar-refractivity contribution >= 4 is 14.2 Å². The number of carbonyl (C=O) groups excluding carboxylic acids is 1. The molecule has 0 bridgehead atoms. The van der Waals surface area contributed by atoms with Crippen LogP contribution in [0.3, 0.4) is 0 Å². The lowest BCUT2D eigenvalue weighted by molar-refractivity contribution is -0.130. The summed E-state index contributed by atoms with van der Waals surface area (Å²) in [6, 6.07) is 0. The summed E-state index contributed by atoms with van der Waals surface area (Å²) < 4.78 is 14.4. The topological polar surface area (TPSA) is 63.6 Å². The van der Waals surface area contributed by atoms with Gasteiger partial charge >= 0.3 is 14.2 Å². The predicted molar refractivity (Wildman–Crippen MR) is 50.6 cm³/mol. The third-order valence-corrected chi connectivity index (χ3v) is 2.23. The van der Waals surface area contributed by atoms with Gasteiger partial charge in [0.25, 0.3) is 0 Å². The van der Waals surface area contributed by atoms with Crippen LogP contribution in [0.4, 0.5) is 0 Å². The Morgan fingerprint density at radius 3 is 2.15 bits per heavy atom. The van der Waals surface area contributed by atoms with E-state index in [1.54, 1.807) is 6.92 Å². The molecule has 0 aliphatic rings. The molecule has 1 unspecified atom stereocenters. The summed E-state index contributed by atoms with van der Waals surface area (Å²) in [7, 11) is -3.16. The second-order valence-corrected chi connectivity index (χ2v) is 3.33. The largest absolute Gasteiger partial charge is 0.390 e. The van der Waals surface area contributed by atoms with Crippen molar-refractivity contribution in [1.82, 2.24) is 0 Å². The number of rotatable bonds is 4. The molecule has 1 atom stereocenters. The van der Waals surface area contributed by atoms with Gasteiger partial charge in [0.15, 0.2) is 0 Å². The van der Waals surface area contributed by atoms with Gasteiger partial charge in [0.1, 0.15) is 0 Å². The molecule has 0 aliphatic carbocycles. The lowest BCUT2D eigenvalue weighted by Crippen LogP contribution is -2.03. The van der Waals surface area contributed by atoms with E-state index in [4.69, 9.17) is 4.89 Å². The van der Waals surface area contributed by atoms with Crippen LogP contribution in [0, 0.1) is 0 Å². The van der Waals surface area contributed by atoms with Crippen molar-refractivity contribution in [3.05, 3.63) is 11.1 Å². The first kappa shape index (κ1) is 12.4. The highest BCUT2D eigenvalue weighted by molar-refractivity contribution is 7.32.